The molecule has 3 aromatic rings. The number of aromatic nitrogens is 1. The van der Waals surface area contributed by atoms with Crippen molar-refractivity contribution in [1.29, 1.82) is 0 Å². The Labute approximate surface area is 112 Å². The summed E-state index contributed by atoms with van der Waals surface area (Å²) in [6.07, 6.45) is 4.55. The number of nitrogens with zero attached hydrogens (tertiary/aromatic N) is 1. The van der Waals surface area contributed by atoms with E-state index in [4.69, 9.17) is 10.2 Å². The van der Waals surface area contributed by atoms with Crippen LogP contribution in [0.2, 0.25) is 0 Å². The molecule has 0 saturated heterocycles. The summed E-state index contributed by atoms with van der Waals surface area (Å²) < 4.78 is 5.75. The Balaban J connectivity index is 2.08. The Bertz CT molecular complexity index is 697. The average molecular weight is 252 g/mol. The molecule has 3 rings (SSSR count). The molecule has 1 atom stereocenters. The quantitative estimate of drug-likeness (QED) is 0.776. The zero-order valence-corrected chi connectivity index (χ0v) is 10.8. The fourth-order valence-corrected chi connectivity index (χ4v) is 2.29. The fraction of sp³-hybridized carbons (Fsp3) is 0.188. The smallest absolute Gasteiger partial charge is 0.125 e. The van der Waals surface area contributed by atoms with Crippen LogP contribution < -0.4 is 5.73 Å². The third kappa shape index (κ3) is 2.13. The molecule has 0 bridgehead atoms. The number of hydrogen-bond donors (Lipinski definition) is 1. The Morgan fingerprint density at radius 1 is 1.16 bits per heavy atom. The van der Waals surface area contributed by atoms with Gasteiger partial charge in [0.1, 0.15) is 11.5 Å². The van der Waals surface area contributed by atoms with E-state index in [2.05, 4.69) is 18.0 Å². The fourth-order valence-electron chi connectivity index (χ4n) is 2.29. The second kappa shape index (κ2) is 4.86. The first-order valence-corrected chi connectivity index (χ1v) is 6.46. The molecule has 3 nitrogen and oxygen atoms in total. The maximum absolute atomic E-state index is 6.32. The van der Waals surface area contributed by atoms with Gasteiger partial charge in [0.2, 0.25) is 0 Å². The summed E-state index contributed by atoms with van der Waals surface area (Å²) in [5.41, 5.74) is 7.31. The number of pyridine rings is 1. The summed E-state index contributed by atoms with van der Waals surface area (Å²) in [5.74, 6) is 1.74. The van der Waals surface area contributed by atoms with Crippen LogP contribution in [0.5, 0.6) is 0 Å². The Kier molecular flexibility index (Phi) is 3.05. The van der Waals surface area contributed by atoms with Crippen LogP contribution in [0.3, 0.4) is 0 Å². The van der Waals surface area contributed by atoms with E-state index in [1.807, 2.05) is 42.7 Å². The second-order valence-corrected chi connectivity index (χ2v) is 4.59. The first-order valence-electron chi connectivity index (χ1n) is 6.46. The van der Waals surface area contributed by atoms with E-state index in [1.54, 1.807) is 0 Å². The number of benzene rings is 1. The van der Waals surface area contributed by atoms with Gasteiger partial charge in [-0.15, -0.1) is 0 Å². The Morgan fingerprint density at radius 3 is 2.79 bits per heavy atom. The molecule has 1 aromatic carbocycles. The molecule has 2 aromatic heterocycles. The van der Waals surface area contributed by atoms with Crippen LogP contribution in [-0.2, 0) is 6.42 Å². The molecule has 0 radical (unpaired) electrons. The summed E-state index contributed by atoms with van der Waals surface area (Å²) in [7, 11) is 0. The molecule has 2 N–H and O–H groups in total. The van der Waals surface area contributed by atoms with Crippen molar-refractivity contribution in [3.63, 3.8) is 0 Å². The third-order valence-corrected chi connectivity index (χ3v) is 3.37. The third-order valence-electron chi connectivity index (χ3n) is 3.37. The van der Waals surface area contributed by atoms with E-state index >= 15 is 0 Å². The molecule has 1 unspecified atom stereocenters. The number of nitrogens with two attached hydrogens (primary N) is 1. The summed E-state index contributed by atoms with van der Waals surface area (Å²) >= 11 is 0. The second-order valence-electron chi connectivity index (χ2n) is 4.59. The van der Waals surface area contributed by atoms with Gasteiger partial charge in [-0.3, -0.25) is 4.98 Å². The molecule has 19 heavy (non-hydrogen) atoms. The minimum atomic E-state index is -0.279. The number of rotatable bonds is 3. The largest absolute Gasteiger partial charge is 0.464 e. The average Bonchev–Trinajstić information content (AvgIpc) is 2.95. The van der Waals surface area contributed by atoms with Crippen LogP contribution in [-0.4, -0.2) is 4.98 Å². The van der Waals surface area contributed by atoms with E-state index in [9.17, 15) is 0 Å². The zero-order chi connectivity index (χ0) is 13.2. The lowest BCUT2D eigenvalue weighted by Crippen LogP contribution is -2.11. The minimum absolute atomic E-state index is 0.279. The highest BCUT2D eigenvalue weighted by Gasteiger charge is 2.15. The maximum Gasteiger partial charge on any atom is 0.125 e. The normalized spacial score (nSPS) is 12.7. The number of fused-ring (bicyclic) bond motifs is 1. The monoisotopic (exact) mass is 252 g/mol. The molecule has 0 spiro atoms. The molecule has 0 saturated carbocycles. The van der Waals surface area contributed by atoms with E-state index in [0.29, 0.717) is 0 Å². The highest BCUT2D eigenvalue weighted by Crippen LogP contribution is 2.27. The van der Waals surface area contributed by atoms with Gasteiger partial charge in [0.25, 0.3) is 0 Å². The van der Waals surface area contributed by atoms with Gasteiger partial charge in [-0.25, -0.2) is 0 Å². The van der Waals surface area contributed by atoms with Crippen molar-refractivity contribution in [2.75, 3.05) is 0 Å². The van der Waals surface area contributed by atoms with Gasteiger partial charge in [0.05, 0.1) is 6.04 Å². The molecule has 0 aliphatic heterocycles. The topological polar surface area (TPSA) is 52.0 Å². The van der Waals surface area contributed by atoms with E-state index in [1.165, 1.54) is 0 Å². The Morgan fingerprint density at radius 2 is 2.00 bits per heavy atom. The Hall–Kier alpha value is -2.13. The summed E-state index contributed by atoms with van der Waals surface area (Å²) in [4.78, 5) is 4.26. The molecule has 3 heteroatoms. The van der Waals surface area contributed by atoms with E-state index in [0.717, 1.165) is 34.3 Å². The van der Waals surface area contributed by atoms with Crippen LogP contribution in [0, 0.1) is 0 Å². The summed E-state index contributed by atoms with van der Waals surface area (Å²) in [5, 5.41) is 2.22. The number of aryl methyl sites for hydroxylation is 1. The van der Waals surface area contributed by atoms with Gasteiger partial charge < -0.3 is 10.2 Å². The predicted molar refractivity (Wildman–Crippen MR) is 75.9 cm³/mol. The van der Waals surface area contributed by atoms with Crippen molar-refractivity contribution >= 4 is 10.8 Å². The van der Waals surface area contributed by atoms with Crippen molar-refractivity contribution in [3.05, 3.63) is 65.9 Å². The van der Waals surface area contributed by atoms with Gasteiger partial charge in [-0.2, -0.15) is 0 Å². The molecule has 0 fully saturated rings. The molecule has 0 aliphatic carbocycles. The molecule has 2 heterocycles. The highest BCUT2D eigenvalue weighted by molar-refractivity contribution is 5.85. The van der Waals surface area contributed by atoms with Gasteiger partial charge >= 0.3 is 0 Å². The van der Waals surface area contributed by atoms with E-state index in [-0.39, 0.29) is 6.04 Å². The first kappa shape index (κ1) is 11.9. The van der Waals surface area contributed by atoms with Crippen molar-refractivity contribution in [3.8, 4) is 0 Å². The van der Waals surface area contributed by atoms with Crippen LogP contribution in [0.1, 0.15) is 30.0 Å². The maximum atomic E-state index is 6.32. The van der Waals surface area contributed by atoms with Crippen molar-refractivity contribution in [2.24, 2.45) is 5.73 Å². The molecule has 96 valence electrons. The van der Waals surface area contributed by atoms with Crippen molar-refractivity contribution in [2.45, 2.75) is 19.4 Å². The first-order chi connectivity index (χ1) is 9.29. The van der Waals surface area contributed by atoms with Gasteiger partial charge in [-0.1, -0.05) is 31.2 Å². The van der Waals surface area contributed by atoms with Gasteiger partial charge in [0, 0.05) is 29.8 Å². The zero-order valence-electron chi connectivity index (χ0n) is 10.8. The lowest BCUT2D eigenvalue weighted by molar-refractivity contribution is 0.454. The van der Waals surface area contributed by atoms with Crippen molar-refractivity contribution in [1.82, 2.24) is 4.98 Å². The van der Waals surface area contributed by atoms with Gasteiger partial charge in [-0.05, 0) is 17.5 Å². The van der Waals surface area contributed by atoms with Crippen LogP contribution in [0.15, 0.2) is 53.2 Å². The lowest BCUT2D eigenvalue weighted by atomic mass is 10.0. The molecule has 0 aliphatic rings. The minimum Gasteiger partial charge on any atom is -0.464 e. The lowest BCUT2D eigenvalue weighted by Gasteiger charge is -2.11. The van der Waals surface area contributed by atoms with Crippen LogP contribution in [0.25, 0.3) is 10.8 Å². The van der Waals surface area contributed by atoms with E-state index < -0.39 is 0 Å². The number of hydrogen-bond acceptors (Lipinski definition) is 3. The van der Waals surface area contributed by atoms with Crippen LogP contribution >= 0.6 is 0 Å². The highest BCUT2D eigenvalue weighted by atomic mass is 16.3. The molecule has 0 amide bonds. The summed E-state index contributed by atoms with van der Waals surface area (Å²) in [6, 6.07) is 11.8. The van der Waals surface area contributed by atoms with Crippen molar-refractivity contribution < 1.29 is 4.42 Å². The predicted octanol–water partition coefficient (Wildman–Crippen LogP) is 3.44. The number of furan rings is 1. The molecular formula is C16H16N2O. The standard InChI is InChI=1S/C16H16N2O/c1-2-12-7-8-15(19-12)16(17)14-10-18-9-11-5-3-4-6-13(11)14/h3-10,16H,2,17H2,1H3. The summed E-state index contributed by atoms with van der Waals surface area (Å²) in [6.45, 7) is 2.06. The van der Waals surface area contributed by atoms with Gasteiger partial charge in [0.15, 0.2) is 0 Å². The molecular weight excluding hydrogens is 236 g/mol. The SMILES string of the molecule is CCc1ccc(C(N)c2cncc3ccccc23)o1. The van der Waals surface area contributed by atoms with Crippen LogP contribution in [0.4, 0.5) is 0 Å².